The number of aliphatic hydroxyl groups is 4. The number of allylic oxidation sites excluding steroid dienone is 1. The molecule has 2 heterocycles. The lowest BCUT2D eigenvalue weighted by Gasteiger charge is -2.48. The SMILES string of the molecule is CC(C=C(CO)CCC12OC(C(=O)O)C(O)(C(=O)O)C(C(=O)O)(O1)C(O)C2O)Cc1ccccc1. The third kappa shape index (κ3) is 4.22. The number of benzene rings is 1. The van der Waals surface area contributed by atoms with Crippen LogP contribution in [-0.4, -0.2) is 95.6 Å². The summed E-state index contributed by atoms with van der Waals surface area (Å²) >= 11 is 0. The fourth-order valence-electron chi connectivity index (χ4n) is 4.82. The van der Waals surface area contributed by atoms with Crippen molar-refractivity contribution in [2.75, 3.05) is 6.61 Å². The number of carboxylic acids is 3. The molecule has 7 unspecified atom stereocenters. The Morgan fingerprint density at radius 2 is 1.69 bits per heavy atom. The van der Waals surface area contributed by atoms with E-state index in [-0.39, 0.29) is 12.3 Å². The maximum absolute atomic E-state index is 12.1. The Morgan fingerprint density at radius 1 is 1.06 bits per heavy atom. The van der Waals surface area contributed by atoms with Gasteiger partial charge in [-0.1, -0.05) is 43.3 Å². The Kier molecular flexibility index (Phi) is 7.37. The van der Waals surface area contributed by atoms with Gasteiger partial charge >= 0.3 is 17.9 Å². The van der Waals surface area contributed by atoms with Crippen LogP contribution >= 0.6 is 0 Å². The molecule has 0 spiro atoms. The summed E-state index contributed by atoms with van der Waals surface area (Å²) in [5.74, 6) is -9.10. The van der Waals surface area contributed by atoms with Crippen LogP contribution < -0.4 is 0 Å². The zero-order chi connectivity index (χ0) is 26.2. The molecule has 2 saturated heterocycles. The van der Waals surface area contributed by atoms with Crippen molar-refractivity contribution < 1.29 is 59.6 Å². The molecule has 2 bridgehead atoms. The first kappa shape index (κ1) is 26.7. The molecule has 12 heteroatoms. The minimum Gasteiger partial charge on any atom is -0.479 e. The van der Waals surface area contributed by atoms with Crippen LogP contribution in [0.1, 0.15) is 25.3 Å². The molecule has 1 aromatic carbocycles. The number of fused-ring (bicyclic) bond motifs is 2. The van der Waals surface area contributed by atoms with Gasteiger partial charge in [0, 0.05) is 6.42 Å². The molecule has 7 atom stereocenters. The molecule has 35 heavy (non-hydrogen) atoms. The van der Waals surface area contributed by atoms with Crippen molar-refractivity contribution in [3.63, 3.8) is 0 Å². The van der Waals surface area contributed by atoms with E-state index in [1.165, 1.54) is 0 Å². The second-order valence-corrected chi connectivity index (χ2v) is 8.90. The van der Waals surface area contributed by atoms with Crippen LogP contribution in [0, 0.1) is 5.92 Å². The van der Waals surface area contributed by atoms with Crippen molar-refractivity contribution >= 4 is 17.9 Å². The molecule has 2 aliphatic heterocycles. The lowest BCUT2D eigenvalue weighted by molar-refractivity contribution is -0.374. The van der Waals surface area contributed by atoms with Crippen molar-refractivity contribution in [2.24, 2.45) is 5.92 Å². The second kappa shape index (κ2) is 9.64. The van der Waals surface area contributed by atoms with Crippen molar-refractivity contribution in [3.8, 4) is 0 Å². The van der Waals surface area contributed by atoms with Gasteiger partial charge in [0.25, 0.3) is 0 Å². The van der Waals surface area contributed by atoms with E-state index in [0.29, 0.717) is 12.0 Å². The van der Waals surface area contributed by atoms with Crippen LogP contribution in [0.5, 0.6) is 0 Å². The van der Waals surface area contributed by atoms with E-state index in [1.54, 1.807) is 6.08 Å². The van der Waals surface area contributed by atoms with E-state index < -0.39 is 66.2 Å². The highest BCUT2D eigenvalue weighted by molar-refractivity contribution is 5.97. The summed E-state index contributed by atoms with van der Waals surface area (Å²) in [5.41, 5.74) is -5.74. The molecule has 3 rings (SSSR count). The summed E-state index contributed by atoms with van der Waals surface area (Å²) in [4.78, 5) is 35.8. The van der Waals surface area contributed by atoms with Crippen LogP contribution in [0.4, 0.5) is 0 Å². The maximum atomic E-state index is 12.1. The van der Waals surface area contributed by atoms with E-state index in [9.17, 15) is 50.1 Å². The molecule has 0 aliphatic carbocycles. The molecule has 192 valence electrons. The third-order valence-electron chi connectivity index (χ3n) is 6.55. The zero-order valence-electron chi connectivity index (χ0n) is 18.8. The molecule has 0 amide bonds. The molecule has 0 aromatic heterocycles. The van der Waals surface area contributed by atoms with Crippen molar-refractivity contribution in [1.82, 2.24) is 0 Å². The smallest absolute Gasteiger partial charge is 0.343 e. The number of aliphatic carboxylic acids is 3. The van der Waals surface area contributed by atoms with Gasteiger partial charge in [-0.2, -0.15) is 0 Å². The first-order chi connectivity index (χ1) is 16.4. The number of hydrogen-bond acceptors (Lipinski definition) is 9. The molecule has 0 radical (unpaired) electrons. The van der Waals surface area contributed by atoms with Crippen molar-refractivity contribution in [3.05, 3.63) is 47.5 Å². The fourth-order valence-corrected chi connectivity index (χ4v) is 4.82. The Balaban J connectivity index is 1.92. The number of carboxylic acid groups (broad SMARTS) is 3. The predicted octanol–water partition coefficient (Wildman–Crippen LogP) is -0.865. The standard InChI is InChI=1S/C23H28O12/c1-12(9-13-5-3-2-4-6-13)10-14(11-24)7-8-21-15(25)16(26)23(35-21,20(31)32)22(33,19(29)30)17(34-21)18(27)28/h2-6,10,12,15-17,24-26,33H,7-9,11H2,1H3,(H,27,28)(H,29,30)(H,31,32). The summed E-state index contributed by atoms with van der Waals surface area (Å²) in [6.45, 7) is 1.46. The lowest BCUT2D eigenvalue weighted by atomic mass is 9.74. The van der Waals surface area contributed by atoms with E-state index in [1.807, 2.05) is 37.3 Å². The van der Waals surface area contributed by atoms with Crippen LogP contribution in [0.15, 0.2) is 42.0 Å². The normalized spacial score (nSPS) is 35.5. The number of hydrogen-bond donors (Lipinski definition) is 7. The largest absolute Gasteiger partial charge is 0.479 e. The zero-order valence-corrected chi connectivity index (χ0v) is 18.8. The first-order valence-electron chi connectivity index (χ1n) is 10.9. The number of carbonyl (C=O) groups is 3. The Labute approximate surface area is 199 Å². The van der Waals surface area contributed by atoms with Gasteiger partial charge in [0.15, 0.2) is 5.79 Å². The van der Waals surface area contributed by atoms with Crippen LogP contribution in [0.2, 0.25) is 0 Å². The average Bonchev–Trinajstić information content (AvgIpc) is 3.00. The van der Waals surface area contributed by atoms with Gasteiger partial charge in [-0.3, -0.25) is 0 Å². The fraction of sp³-hybridized carbons (Fsp3) is 0.522. The minimum absolute atomic E-state index is 0.0497. The second-order valence-electron chi connectivity index (χ2n) is 8.90. The van der Waals surface area contributed by atoms with Crippen molar-refractivity contribution in [2.45, 2.75) is 61.5 Å². The van der Waals surface area contributed by atoms with E-state index >= 15 is 0 Å². The average molecular weight is 496 g/mol. The van der Waals surface area contributed by atoms with Gasteiger partial charge in [-0.25, -0.2) is 14.4 Å². The van der Waals surface area contributed by atoms with Crippen molar-refractivity contribution in [1.29, 1.82) is 0 Å². The quantitative estimate of drug-likeness (QED) is 0.197. The Hall–Kier alpha value is -2.87. The molecule has 2 aliphatic rings. The molecule has 1 aromatic rings. The summed E-state index contributed by atoms with van der Waals surface area (Å²) in [6.07, 6.45) is -5.64. The maximum Gasteiger partial charge on any atom is 0.343 e. The third-order valence-corrected chi connectivity index (χ3v) is 6.55. The summed E-state index contributed by atoms with van der Waals surface area (Å²) in [5, 5.41) is 70.6. The van der Waals surface area contributed by atoms with E-state index in [0.717, 1.165) is 5.56 Å². The predicted molar refractivity (Wildman–Crippen MR) is 115 cm³/mol. The van der Waals surface area contributed by atoms with Gasteiger partial charge in [-0.15, -0.1) is 0 Å². The molecule has 2 fully saturated rings. The molecule has 12 nitrogen and oxygen atoms in total. The number of aliphatic hydroxyl groups excluding tert-OH is 3. The minimum atomic E-state index is -3.77. The summed E-state index contributed by atoms with van der Waals surface area (Å²) < 4.78 is 10.5. The molecular weight excluding hydrogens is 468 g/mol. The van der Waals surface area contributed by atoms with E-state index in [4.69, 9.17) is 9.47 Å². The van der Waals surface area contributed by atoms with Gasteiger partial charge < -0.3 is 45.2 Å². The van der Waals surface area contributed by atoms with Gasteiger partial charge in [0.05, 0.1) is 6.61 Å². The molecule has 0 saturated carbocycles. The van der Waals surface area contributed by atoms with Crippen LogP contribution in [0.25, 0.3) is 0 Å². The van der Waals surface area contributed by atoms with Gasteiger partial charge in [0.1, 0.15) is 12.2 Å². The highest BCUT2D eigenvalue weighted by Gasteiger charge is 2.84. The van der Waals surface area contributed by atoms with Gasteiger partial charge in [0.2, 0.25) is 17.3 Å². The molecular formula is C23H28O12. The monoisotopic (exact) mass is 496 g/mol. The van der Waals surface area contributed by atoms with Crippen LogP contribution in [0.3, 0.4) is 0 Å². The highest BCUT2D eigenvalue weighted by atomic mass is 16.8. The number of rotatable bonds is 10. The lowest BCUT2D eigenvalue weighted by Crippen LogP contribution is -2.77. The Morgan fingerprint density at radius 3 is 2.20 bits per heavy atom. The highest BCUT2D eigenvalue weighted by Crippen LogP contribution is 2.54. The summed E-state index contributed by atoms with van der Waals surface area (Å²) in [6, 6.07) is 9.51. The topological polar surface area (TPSA) is 211 Å². The van der Waals surface area contributed by atoms with Crippen LogP contribution in [-0.2, 0) is 30.3 Å². The summed E-state index contributed by atoms with van der Waals surface area (Å²) in [7, 11) is 0. The van der Waals surface area contributed by atoms with E-state index in [2.05, 4.69) is 0 Å². The Bertz CT molecular complexity index is 1010. The van der Waals surface area contributed by atoms with Gasteiger partial charge in [-0.05, 0) is 29.9 Å². The first-order valence-corrected chi connectivity index (χ1v) is 10.9. The number of ether oxygens (including phenoxy) is 2. The molecule has 7 N–H and O–H groups in total.